The summed E-state index contributed by atoms with van der Waals surface area (Å²) in [6, 6.07) is 13.3. The van der Waals surface area contributed by atoms with Crippen molar-refractivity contribution in [2.75, 3.05) is 6.54 Å². The fourth-order valence-electron chi connectivity index (χ4n) is 3.39. The summed E-state index contributed by atoms with van der Waals surface area (Å²) in [5, 5.41) is 16.4. The predicted molar refractivity (Wildman–Crippen MR) is 145 cm³/mol. The lowest BCUT2D eigenvalue weighted by atomic mass is 10.1. The van der Waals surface area contributed by atoms with E-state index < -0.39 is 0 Å². The second kappa shape index (κ2) is 11.6. The number of benzene rings is 2. The summed E-state index contributed by atoms with van der Waals surface area (Å²) in [7, 11) is 0. The SMILES string of the molecule is Cc1ccc(Cl)cc1-n1c(SCc2nc(C(=O)NCCC(C)C)cs2)nnc1-c1ccccc1Cl. The molecule has 0 unspecified atom stereocenters. The van der Waals surface area contributed by atoms with Gasteiger partial charge in [-0.15, -0.1) is 21.5 Å². The van der Waals surface area contributed by atoms with Crippen molar-refractivity contribution in [3.05, 3.63) is 74.2 Å². The maximum atomic E-state index is 12.4. The van der Waals surface area contributed by atoms with Crippen LogP contribution in [0.2, 0.25) is 10.0 Å². The first-order chi connectivity index (χ1) is 16.8. The molecule has 0 aliphatic heterocycles. The summed E-state index contributed by atoms with van der Waals surface area (Å²) < 4.78 is 1.97. The molecule has 0 bridgehead atoms. The van der Waals surface area contributed by atoms with Gasteiger partial charge in [-0.3, -0.25) is 9.36 Å². The van der Waals surface area contributed by atoms with Crippen LogP contribution in [-0.2, 0) is 5.75 Å². The second-order valence-corrected chi connectivity index (χ2v) is 11.1. The van der Waals surface area contributed by atoms with E-state index in [4.69, 9.17) is 23.2 Å². The largest absolute Gasteiger partial charge is 0.351 e. The van der Waals surface area contributed by atoms with Crippen LogP contribution in [0.1, 0.15) is 41.3 Å². The molecular weight excluding hydrogens is 521 g/mol. The molecule has 0 radical (unpaired) electrons. The van der Waals surface area contributed by atoms with E-state index in [0.717, 1.165) is 28.2 Å². The summed E-state index contributed by atoms with van der Waals surface area (Å²) in [5.41, 5.74) is 3.13. The van der Waals surface area contributed by atoms with Gasteiger partial charge < -0.3 is 5.32 Å². The standard InChI is InChI=1S/C25H25Cl2N5OS2/c1-15(2)10-11-28-24(33)20-13-34-22(29-20)14-35-25-31-30-23(18-6-4-5-7-19(18)27)32(25)21-12-17(26)9-8-16(21)3/h4-9,12-13,15H,10-11,14H2,1-3H3,(H,28,33). The Morgan fingerprint density at radius 3 is 2.74 bits per heavy atom. The first-order valence-electron chi connectivity index (χ1n) is 11.2. The molecule has 2 aromatic heterocycles. The molecule has 0 aliphatic carbocycles. The van der Waals surface area contributed by atoms with Gasteiger partial charge in [0.05, 0.1) is 16.5 Å². The van der Waals surface area contributed by atoms with Crippen LogP contribution in [0.5, 0.6) is 0 Å². The van der Waals surface area contributed by atoms with Crippen molar-refractivity contribution in [1.29, 1.82) is 0 Å². The Balaban J connectivity index is 1.59. The topological polar surface area (TPSA) is 72.7 Å². The number of hydrogen-bond donors (Lipinski definition) is 1. The van der Waals surface area contributed by atoms with Gasteiger partial charge in [-0.25, -0.2) is 4.98 Å². The molecule has 1 amide bonds. The van der Waals surface area contributed by atoms with E-state index >= 15 is 0 Å². The van der Waals surface area contributed by atoms with Gasteiger partial charge >= 0.3 is 0 Å². The van der Waals surface area contributed by atoms with Gasteiger partial charge in [-0.05, 0) is 49.1 Å². The number of nitrogens with one attached hydrogen (secondary N) is 1. The molecule has 0 fully saturated rings. The number of amides is 1. The number of aromatic nitrogens is 4. The van der Waals surface area contributed by atoms with E-state index in [1.54, 1.807) is 5.38 Å². The van der Waals surface area contributed by atoms with Crippen molar-refractivity contribution < 1.29 is 4.79 Å². The number of thioether (sulfide) groups is 1. The zero-order valence-corrected chi connectivity index (χ0v) is 22.7. The highest BCUT2D eigenvalue weighted by Crippen LogP contribution is 2.35. The molecule has 4 rings (SSSR count). The van der Waals surface area contributed by atoms with Crippen LogP contribution in [0.25, 0.3) is 17.1 Å². The molecule has 0 spiro atoms. The number of hydrogen-bond acceptors (Lipinski definition) is 6. The number of carbonyl (C=O) groups is 1. The third kappa shape index (κ3) is 6.25. The smallest absolute Gasteiger partial charge is 0.270 e. The molecule has 0 atom stereocenters. The fraction of sp³-hybridized carbons (Fsp3) is 0.280. The average Bonchev–Trinajstić information content (AvgIpc) is 3.46. The van der Waals surface area contributed by atoms with Crippen LogP contribution in [-0.4, -0.2) is 32.2 Å². The van der Waals surface area contributed by atoms with Crippen molar-refractivity contribution in [1.82, 2.24) is 25.1 Å². The van der Waals surface area contributed by atoms with Crippen LogP contribution in [0.4, 0.5) is 0 Å². The van der Waals surface area contributed by atoms with Crippen molar-refractivity contribution in [3.63, 3.8) is 0 Å². The van der Waals surface area contributed by atoms with Crippen molar-refractivity contribution in [2.24, 2.45) is 5.92 Å². The Kier molecular flexibility index (Phi) is 8.49. The predicted octanol–water partition coefficient (Wildman–Crippen LogP) is 7.07. The minimum absolute atomic E-state index is 0.142. The quantitative estimate of drug-likeness (QED) is 0.227. The number of thiazole rings is 1. The Bertz CT molecular complexity index is 1340. The molecule has 182 valence electrons. The zero-order valence-electron chi connectivity index (χ0n) is 19.6. The maximum absolute atomic E-state index is 12.4. The van der Waals surface area contributed by atoms with Crippen LogP contribution in [0, 0.1) is 12.8 Å². The van der Waals surface area contributed by atoms with Crippen LogP contribution < -0.4 is 5.32 Å². The molecular formula is C25H25Cl2N5OS2. The molecule has 35 heavy (non-hydrogen) atoms. The van der Waals surface area contributed by atoms with Crippen LogP contribution in [0.3, 0.4) is 0 Å². The maximum Gasteiger partial charge on any atom is 0.270 e. The van der Waals surface area contributed by atoms with Crippen molar-refractivity contribution in [2.45, 2.75) is 38.1 Å². The Hall–Kier alpha value is -2.39. The number of halogens is 2. The molecule has 0 aliphatic rings. The third-order valence-corrected chi connectivity index (χ3v) is 7.81. The Morgan fingerprint density at radius 1 is 1.17 bits per heavy atom. The minimum Gasteiger partial charge on any atom is -0.351 e. The highest BCUT2D eigenvalue weighted by atomic mass is 35.5. The lowest BCUT2D eigenvalue weighted by Crippen LogP contribution is -2.25. The van der Waals surface area contributed by atoms with Gasteiger partial charge in [-0.2, -0.15) is 0 Å². The fourth-order valence-corrected chi connectivity index (χ4v) is 5.52. The molecule has 0 saturated carbocycles. The average molecular weight is 547 g/mol. The highest BCUT2D eigenvalue weighted by Gasteiger charge is 2.20. The number of rotatable bonds is 9. The van der Waals surface area contributed by atoms with E-state index in [2.05, 4.69) is 34.3 Å². The molecule has 4 aromatic rings. The van der Waals surface area contributed by atoms with E-state index in [1.807, 2.05) is 54.0 Å². The molecule has 2 heterocycles. The summed E-state index contributed by atoms with van der Waals surface area (Å²) in [6.07, 6.45) is 0.935. The molecule has 10 heteroatoms. The lowest BCUT2D eigenvalue weighted by Gasteiger charge is -2.14. The lowest BCUT2D eigenvalue weighted by molar-refractivity contribution is 0.0947. The van der Waals surface area contributed by atoms with E-state index in [0.29, 0.717) is 44.9 Å². The summed E-state index contributed by atoms with van der Waals surface area (Å²) in [5.74, 6) is 1.57. The molecule has 2 aromatic carbocycles. The minimum atomic E-state index is -0.142. The first kappa shape index (κ1) is 25.7. The Morgan fingerprint density at radius 2 is 1.97 bits per heavy atom. The second-order valence-electron chi connectivity index (χ2n) is 8.41. The number of aryl methyl sites for hydroxylation is 1. The normalized spacial score (nSPS) is 11.3. The van der Waals surface area contributed by atoms with Gasteiger partial charge in [0.25, 0.3) is 5.91 Å². The van der Waals surface area contributed by atoms with Gasteiger partial charge in [0.2, 0.25) is 0 Å². The van der Waals surface area contributed by atoms with Crippen LogP contribution in [0.15, 0.2) is 53.0 Å². The summed E-state index contributed by atoms with van der Waals surface area (Å²) in [4.78, 5) is 16.9. The molecule has 6 nitrogen and oxygen atoms in total. The van der Waals surface area contributed by atoms with Gasteiger partial charge in [0.15, 0.2) is 11.0 Å². The van der Waals surface area contributed by atoms with E-state index in [9.17, 15) is 4.79 Å². The third-order valence-electron chi connectivity index (χ3n) is 5.28. The Labute approximate surface area is 223 Å². The van der Waals surface area contributed by atoms with Gasteiger partial charge in [0, 0.05) is 22.5 Å². The first-order valence-corrected chi connectivity index (χ1v) is 13.8. The van der Waals surface area contributed by atoms with E-state index in [1.165, 1.54) is 23.1 Å². The number of nitrogens with zero attached hydrogens (tertiary/aromatic N) is 4. The van der Waals surface area contributed by atoms with Crippen molar-refractivity contribution in [3.8, 4) is 17.1 Å². The zero-order chi connectivity index (χ0) is 24.9. The molecule has 1 N–H and O–H groups in total. The van der Waals surface area contributed by atoms with Gasteiger partial charge in [0.1, 0.15) is 10.7 Å². The van der Waals surface area contributed by atoms with Crippen LogP contribution >= 0.6 is 46.3 Å². The highest BCUT2D eigenvalue weighted by molar-refractivity contribution is 7.98. The monoisotopic (exact) mass is 545 g/mol. The summed E-state index contributed by atoms with van der Waals surface area (Å²) >= 11 is 15.8. The van der Waals surface area contributed by atoms with Gasteiger partial charge in [-0.1, -0.05) is 67.0 Å². The summed E-state index contributed by atoms with van der Waals surface area (Å²) in [6.45, 7) is 6.92. The van der Waals surface area contributed by atoms with Crippen molar-refractivity contribution >= 4 is 52.2 Å². The molecule has 0 saturated heterocycles. The van der Waals surface area contributed by atoms with E-state index in [-0.39, 0.29) is 5.91 Å². The number of carbonyl (C=O) groups excluding carboxylic acids is 1.